The van der Waals surface area contributed by atoms with E-state index in [-0.39, 0.29) is 29.5 Å². The maximum atomic E-state index is 15.6. The molecule has 4 fully saturated rings. The molecule has 2 heterocycles. The number of rotatable bonds is 8. The number of halogens is 3. The van der Waals surface area contributed by atoms with Crippen molar-refractivity contribution in [3.63, 3.8) is 0 Å². The molecule has 0 spiro atoms. The van der Waals surface area contributed by atoms with E-state index in [0.29, 0.717) is 34.7 Å². The number of fused-ring (bicyclic) bond motifs is 1. The van der Waals surface area contributed by atoms with E-state index in [1.165, 1.54) is 11.0 Å². The number of carbonyl (C=O) groups is 2. The van der Waals surface area contributed by atoms with Crippen LogP contribution in [0, 0.1) is 17.7 Å². The molecule has 2 saturated carbocycles. The average molecular weight is 618 g/mol. The van der Waals surface area contributed by atoms with Crippen molar-refractivity contribution in [2.75, 3.05) is 19.7 Å². The number of carboxylic acids is 1. The molecule has 2 saturated heterocycles. The first kappa shape index (κ1) is 29.7. The molecule has 0 radical (unpaired) electrons. The highest BCUT2D eigenvalue weighted by molar-refractivity contribution is 6.34. The summed E-state index contributed by atoms with van der Waals surface area (Å²) in [5.41, 5.74) is 1.95. The van der Waals surface area contributed by atoms with E-state index in [1.807, 2.05) is 12.1 Å². The Hall–Kier alpha value is -2.35. The SMILES string of the molecule is C[C@@H](c1cc(Cl)cc(Cl)c1)N1CCC(COc2cc(F)c(C(=O)N3[C@@H](C(=O)O)C[C@H]4CCCC[C@H]43)cc2C2CC2)CC1. The van der Waals surface area contributed by atoms with Crippen LogP contribution < -0.4 is 4.74 Å². The number of carbonyl (C=O) groups excluding carboxylic acids is 1. The van der Waals surface area contributed by atoms with Crippen LogP contribution in [0.2, 0.25) is 10.0 Å². The fourth-order valence-corrected chi connectivity index (χ4v) is 7.97. The largest absolute Gasteiger partial charge is 0.493 e. The highest BCUT2D eigenvalue weighted by Gasteiger charge is 2.48. The number of amides is 1. The summed E-state index contributed by atoms with van der Waals surface area (Å²) in [4.78, 5) is 29.7. The lowest BCUT2D eigenvalue weighted by molar-refractivity contribution is -0.141. The van der Waals surface area contributed by atoms with Gasteiger partial charge in [0.1, 0.15) is 17.6 Å². The number of carboxylic acid groups (broad SMARTS) is 1. The second-order valence-corrected chi connectivity index (χ2v) is 13.6. The number of piperidine rings is 1. The fraction of sp³-hybridized carbons (Fsp3) is 0.576. The molecule has 2 aliphatic carbocycles. The molecule has 0 unspecified atom stereocenters. The standard InChI is InChI=1S/C33H39Cl2FN2O4/c1-19(23-12-24(34)15-25(35)13-23)37-10-8-20(9-11-37)18-42-31-17-28(36)27(16-26(31)21-6-7-21)32(39)38-29-5-3-2-4-22(29)14-30(38)33(40)41/h12-13,15-17,19-22,29-30H,2-11,14,18H2,1H3,(H,40,41)/t19-,22+,29+,30+/m0/s1. The van der Waals surface area contributed by atoms with Crippen molar-refractivity contribution in [2.45, 2.75) is 88.8 Å². The summed E-state index contributed by atoms with van der Waals surface area (Å²) in [5, 5.41) is 11.2. The molecule has 0 aromatic heterocycles. The van der Waals surface area contributed by atoms with E-state index in [9.17, 15) is 14.7 Å². The zero-order valence-electron chi connectivity index (χ0n) is 24.0. The van der Waals surface area contributed by atoms with Gasteiger partial charge in [-0.1, -0.05) is 36.0 Å². The molecule has 4 atom stereocenters. The summed E-state index contributed by atoms with van der Waals surface area (Å²) in [6.07, 6.45) is 8.06. The third-order valence-corrected chi connectivity index (χ3v) is 10.4. The highest BCUT2D eigenvalue weighted by atomic mass is 35.5. The van der Waals surface area contributed by atoms with Gasteiger partial charge < -0.3 is 14.7 Å². The number of likely N-dealkylation sites (tertiary alicyclic amines) is 2. The molecule has 42 heavy (non-hydrogen) atoms. The van der Waals surface area contributed by atoms with Gasteiger partial charge >= 0.3 is 5.97 Å². The summed E-state index contributed by atoms with van der Waals surface area (Å²) in [6.45, 7) is 4.49. The molecule has 226 valence electrons. The molecule has 0 bridgehead atoms. The first-order valence-electron chi connectivity index (χ1n) is 15.4. The number of hydrogen-bond donors (Lipinski definition) is 1. The minimum absolute atomic E-state index is 0.0230. The van der Waals surface area contributed by atoms with Crippen molar-refractivity contribution in [3.8, 4) is 5.75 Å². The Balaban J connectivity index is 1.12. The maximum absolute atomic E-state index is 15.6. The van der Waals surface area contributed by atoms with Crippen molar-refractivity contribution in [1.82, 2.24) is 9.80 Å². The van der Waals surface area contributed by atoms with Gasteiger partial charge in [0.05, 0.1) is 12.2 Å². The molecular weight excluding hydrogens is 578 g/mol. The predicted octanol–water partition coefficient (Wildman–Crippen LogP) is 7.72. The molecule has 6 nitrogen and oxygen atoms in total. The average Bonchev–Trinajstić information content (AvgIpc) is 3.74. The van der Waals surface area contributed by atoms with Gasteiger partial charge in [-0.05, 0) is 118 Å². The lowest BCUT2D eigenvalue weighted by atomic mass is 9.84. The van der Waals surface area contributed by atoms with Crippen LogP contribution in [0.1, 0.15) is 98.2 Å². The fourth-order valence-electron chi connectivity index (χ4n) is 7.43. The van der Waals surface area contributed by atoms with Gasteiger partial charge in [-0.2, -0.15) is 0 Å². The van der Waals surface area contributed by atoms with E-state index in [0.717, 1.165) is 75.6 Å². The van der Waals surface area contributed by atoms with E-state index in [4.69, 9.17) is 27.9 Å². The normalized spacial score (nSPS) is 25.7. The van der Waals surface area contributed by atoms with Crippen molar-refractivity contribution in [2.24, 2.45) is 11.8 Å². The van der Waals surface area contributed by atoms with Crippen LogP contribution in [0.4, 0.5) is 4.39 Å². The number of ether oxygens (including phenoxy) is 1. The Morgan fingerprint density at radius 2 is 1.69 bits per heavy atom. The minimum Gasteiger partial charge on any atom is -0.493 e. The van der Waals surface area contributed by atoms with Crippen molar-refractivity contribution >= 4 is 35.1 Å². The van der Waals surface area contributed by atoms with Crippen molar-refractivity contribution in [1.29, 1.82) is 0 Å². The maximum Gasteiger partial charge on any atom is 0.326 e. The van der Waals surface area contributed by atoms with Gasteiger partial charge in [-0.15, -0.1) is 0 Å². The summed E-state index contributed by atoms with van der Waals surface area (Å²) in [7, 11) is 0. The summed E-state index contributed by atoms with van der Waals surface area (Å²) < 4.78 is 21.9. The molecular formula is C33H39Cl2FN2O4. The summed E-state index contributed by atoms with van der Waals surface area (Å²) >= 11 is 12.4. The molecule has 1 N–H and O–H groups in total. The minimum atomic E-state index is -1.00. The lowest BCUT2D eigenvalue weighted by Gasteiger charge is -2.36. The van der Waals surface area contributed by atoms with Crippen LogP contribution in [0.5, 0.6) is 5.75 Å². The van der Waals surface area contributed by atoms with Gasteiger partial charge in [0, 0.05) is 28.2 Å². The van der Waals surface area contributed by atoms with Gasteiger partial charge in [-0.3, -0.25) is 9.69 Å². The second-order valence-electron chi connectivity index (χ2n) is 12.7. The number of benzene rings is 2. The van der Waals surface area contributed by atoms with E-state index < -0.39 is 23.7 Å². The molecule has 9 heteroatoms. The number of aliphatic carboxylic acids is 1. The summed E-state index contributed by atoms with van der Waals surface area (Å²) in [6, 6.07) is 7.87. The second kappa shape index (κ2) is 12.3. The van der Waals surface area contributed by atoms with Crippen LogP contribution in [-0.4, -0.2) is 58.6 Å². The molecule has 6 rings (SSSR count). The van der Waals surface area contributed by atoms with E-state index >= 15 is 4.39 Å². The van der Waals surface area contributed by atoms with Gasteiger partial charge in [-0.25, -0.2) is 9.18 Å². The van der Waals surface area contributed by atoms with E-state index in [1.54, 1.807) is 12.1 Å². The van der Waals surface area contributed by atoms with E-state index in [2.05, 4.69) is 11.8 Å². The Morgan fingerprint density at radius 1 is 1.00 bits per heavy atom. The Bertz CT molecular complexity index is 1320. The van der Waals surface area contributed by atoms with Crippen molar-refractivity contribution in [3.05, 3.63) is 62.9 Å². The Kier molecular flexibility index (Phi) is 8.72. The third kappa shape index (κ3) is 6.15. The molecule has 1 amide bonds. The topological polar surface area (TPSA) is 70.1 Å². The van der Waals surface area contributed by atoms with Gasteiger partial charge in [0.2, 0.25) is 0 Å². The Labute approximate surface area is 257 Å². The molecule has 4 aliphatic rings. The first-order chi connectivity index (χ1) is 20.2. The van der Waals surface area contributed by atoms with Crippen LogP contribution in [-0.2, 0) is 4.79 Å². The van der Waals surface area contributed by atoms with Crippen molar-refractivity contribution < 1.29 is 23.8 Å². The zero-order valence-corrected chi connectivity index (χ0v) is 25.5. The zero-order chi connectivity index (χ0) is 29.5. The monoisotopic (exact) mass is 616 g/mol. The lowest BCUT2D eigenvalue weighted by Crippen LogP contribution is -2.46. The Morgan fingerprint density at radius 3 is 2.36 bits per heavy atom. The van der Waals surface area contributed by atoms with Gasteiger partial charge in [0.25, 0.3) is 5.91 Å². The number of nitrogens with zero attached hydrogens (tertiary/aromatic N) is 2. The third-order valence-electron chi connectivity index (χ3n) is 9.99. The molecule has 2 aromatic rings. The first-order valence-corrected chi connectivity index (χ1v) is 16.2. The summed E-state index contributed by atoms with van der Waals surface area (Å²) in [5.74, 6) is -0.848. The highest BCUT2D eigenvalue weighted by Crippen LogP contribution is 2.46. The quantitative estimate of drug-likeness (QED) is 0.329. The number of hydrogen-bond acceptors (Lipinski definition) is 4. The van der Waals surface area contributed by atoms with Crippen LogP contribution in [0.3, 0.4) is 0 Å². The van der Waals surface area contributed by atoms with Crippen LogP contribution in [0.15, 0.2) is 30.3 Å². The molecule has 2 aliphatic heterocycles. The van der Waals surface area contributed by atoms with Crippen LogP contribution in [0.25, 0.3) is 0 Å². The predicted molar refractivity (Wildman–Crippen MR) is 161 cm³/mol. The smallest absolute Gasteiger partial charge is 0.326 e. The molecule has 2 aromatic carbocycles. The van der Waals surface area contributed by atoms with Gasteiger partial charge in [0.15, 0.2) is 0 Å². The van der Waals surface area contributed by atoms with Crippen LogP contribution >= 0.6 is 23.2 Å².